The molecular formula is C21H13F6N3O. The normalized spacial score (nSPS) is 12.8. The van der Waals surface area contributed by atoms with Crippen molar-refractivity contribution in [2.45, 2.75) is 25.8 Å². The number of rotatable bonds is 4. The first-order valence-corrected chi connectivity index (χ1v) is 8.75. The summed E-state index contributed by atoms with van der Waals surface area (Å²) in [5, 5.41) is 9.58. The van der Waals surface area contributed by atoms with Crippen LogP contribution in [0.5, 0.6) is 0 Å². The molecule has 0 amide bonds. The van der Waals surface area contributed by atoms with Crippen LogP contribution in [-0.4, -0.2) is 15.3 Å². The molecule has 0 unspecified atom stereocenters. The number of allylic oxidation sites excluding steroid dienone is 1. The number of carbonyl (C=O) groups excluding carboxylic acids is 1. The molecule has 160 valence electrons. The Balaban J connectivity index is 2.15. The topological polar surface area (TPSA) is 58.7 Å². The highest BCUT2D eigenvalue weighted by molar-refractivity contribution is 6.03. The van der Waals surface area contributed by atoms with E-state index in [1.165, 1.54) is 30.0 Å². The lowest BCUT2D eigenvalue weighted by molar-refractivity contribution is -0.143. The summed E-state index contributed by atoms with van der Waals surface area (Å²) >= 11 is 0. The number of nitrogens with zero attached hydrogens (tertiary/aromatic N) is 3. The second-order valence-electron chi connectivity index (χ2n) is 6.68. The number of hydrogen-bond acceptors (Lipinski definition) is 3. The maximum atomic E-state index is 13.5. The van der Waals surface area contributed by atoms with Crippen molar-refractivity contribution in [3.05, 3.63) is 70.6 Å². The van der Waals surface area contributed by atoms with E-state index in [0.29, 0.717) is 17.0 Å². The van der Waals surface area contributed by atoms with Gasteiger partial charge in [-0.2, -0.15) is 31.6 Å². The molecule has 1 aromatic carbocycles. The van der Waals surface area contributed by atoms with E-state index < -0.39 is 35.8 Å². The van der Waals surface area contributed by atoms with Crippen LogP contribution in [0.15, 0.2) is 48.3 Å². The minimum absolute atomic E-state index is 0.0821. The first-order chi connectivity index (χ1) is 14.4. The van der Waals surface area contributed by atoms with Gasteiger partial charge >= 0.3 is 12.4 Å². The molecule has 31 heavy (non-hydrogen) atoms. The smallest absolute Gasteiger partial charge is 0.327 e. The van der Waals surface area contributed by atoms with Crippen LogP contribution in [0.1, 0.15) is 29.2 Å². The lowest BCUT2D eigenvalue weighted by Crippen LogP contribution is -2.15. The molecule has 3 aromatic rings. The van der Waals surface area contributed by atoms with Crippen molar-refractivity contribution in [1.82, 2.24) is 9.55 Å². The minimum Gasteiger partial charge on any atom is -0.327 e. The third-order valence-electron chi connectivity index (χ3n) is 4.55. The highest BCUT2D eigenvalue weighted by Gasteiger charge is 2.38. The molecule has 0 bridgehead atoms. The third-order valence-corrected chi connectivity index (χ3v) is 4.55. The van der Waals surface area contributed by atoms with E-state index in [9.17, 15) is 31.1 Å². The zero-order chi connectivity index (χ0) is 23.0. The van der Waals surface area contributed by atoms with Gasteiger partial charge in [0.05, 0.1) is 16.7 Å². The molecule has 0 aliphatic carbocycles. The molecule has 3 rings (SSSR count). The van der Waals surface area contributed by atoms with Gasteiger partial charge in [-0.25, -0.2) is 4.98 Å². The standard InChI is InChI=1S/C21H13F6N3O/c1-12(31)14(9-28)7-15-11-30(19-17(15)3-2-6-29-19)10-13-4-5-16(20(22,23)24)8-18(13)21(25,26)27/h2-8,11H,10H2,1H3/b14-7+. The number of ketones is 1. The summed E-state index contributed by atoms with van der Waals surface area (Å²) in [5.41, 5.74) is -2.72. The molecule has 0 atom stereocenters. The second kappa shape index (κ2) is 7.91. The second-order valence-corrected chi connectivity index (χ2v) is 6.68. The van der Waals surface area contributed by atoms with E-state index in [0.717, 1.165) is 6.07 Å². The average molecular weight is 437 g/mol. The van der Waals surface area contributed by atoms with Crippen molar-refractivity contribution in [3.63, 3.8) is 0 Å². The molecule has 0 spiro atoms. The van der Waals surface area contributed by atoms with Crippen LogP contribution < -0.4 is 0 Å². The Hall–Kier alpha value is -3.61. The summed E-state index contributed by atoms with van der Waals surface area (Å²) < 4.78 is 80.4. The molecule has 0 saturated heterocycles. The highest BCUT2D eigenvalue weighted by Crippen LogP contribution is 2.38. The summed E-state index contributed by atoms with van der Waals surface area (Å²) in [4.78, 5) is 15.7. The molecule has 0 N–H and O–H groups in total. The van der Waals surface area contributed by atoms with Crippen molar-refractivity contribution in [3.8, 4) is 6.07 Å². The molecule has 0 aliphatic rings. The number of halogens is 6. The molecule has 4 nitrogen and oxygen atoms in total. The van der Waals surface area contributed by atoms with Crippen molar-refractivity contribution >= 4 is 22.9 Å². The number of hydrogen-bond donors (Lipinski definition) is 0. The SMILES string of the molecule is CC(=O)/C(C#N)=C/c1cn(Cc2ccc(C(F)(F)F)cc2C(F)(F)F)c2ncccc12. The lowest BCUT2D eigenvalue weighted by atomic mass is 10.0. The Labute approximate surface area is 172 Å². The molecule has 10 heteroatoms. The van der Waals surface area contributed by atoms with E-state index in [-0.39, 0.29) is 22.9 Å². The van der Waals surface area contributed by atoms with Gasteiger partial charge < -0.3 is 4.57 Å². The number of Topliss-reactive ketones (excluding diaryl/α,β-unsaturated/α-hetero) is 1. The van der Waals surface area contributed by atoms with Gasteiger partial charge in [-0.15, -0.1) is 0 Å². The van der Waals surface area contributed by atoms with Crippen LogP contribution in [0, 0.1) is 11.3 Å². The average Bonchev–Trinajstić information content (AvgIpc) is 3.02. The number of benzene rings is 1. The van der Waals surface area contributed by atoms with Crippen LogP contribution in [0.2, 0.25) is 0 Å². The maximum Gasteiger partial charge on any atom is 0.416 e. The first-order valence-electron chi connectivity index (χ1n) is 8.75. The zero-order valence-corrected chi connectivity index (χ0v) is 15.8. The van der Waals surface area contributed by atoms with Crippen LogP contribution in [0.25, 0.3) is 17.1 Å². The summed E-state index contributed by atoms with van der Waals surface area (Å²) in [6.07, 6.45) is -5.83. The molecule has 2 heterocycles. The van der Waals surface area contributed by atoms with Gasteiger partial charge in [0.25, 0.3) is 0 Å². The van der Waals surface area contributed by atoms with Crippen molar-refractivity contribution < 1.29 is 31.1 Å². The quantitative estimate of drug-likeness (QED) is 0.303. The molecular weight excluding hydrogens is 424 g/mol. The number of pyridine rings is 1. The molecule has 0 radical (unpaired) electrons. The van der Waals surface area contributed by atoms with Crippen LogP contribution in [0.4, 0.5) is 26.3 Å². The van der Waals surface area contributed by atoms with E-state index in [1.54, 1.807) is 18.2 Å². The molecule has 0 saturated carbocycles. The van der Waals surface area contributed by atoms with Crippen LogP contribution in [-0.2, 0) is 23.7 Å². The summed E-state index contributed by atoms with van der Waals surface area (Å²) in [7, 11) is 0. The fraction of sp³-hybridized carbons (Fsp3) is 0.190. The van der Waals surface area contributed by atoms with Crippen LogP contribution >= 0.6 is 0 Å². The molecule has 0 aliphatic heterocycles. The van der Waals surface area contributed by atoms with Crippen molar-refractivity contribution in [1.29, 1.82) is 5.26 Å². The van der Waals surface area contributed by atoms with E-state index >= 15 is 0 Å². The van der Waals surface area contributed by atoms with Crippen molar-refractivity contribution in [2.75, 3.05) is 0 Å². The monoisotopic (exact) mass is 437 g/mol. The largest absolute Gasteiger partial charge is 0.416 e. The number of aromatic nitrogens is 2. The Bertz CT molecular complexity index is 1230. The van der Waals surface area contributed by atoms with E-state index in [2.05, 4.69) is 4.98 Å². The summed E-state index contributed by atoms with van der Waals surface area (Å²) in [5.74, 6) is -0.491. The maximum absolute atomic E-state index is 13.5. The van der Waals surface area contributed by atoms with Gasteiger partial charge in [0.2, 0.25) is 0 Å². The fourth-order valence-electron chi connectivity index (χ4n) is 3.09. The van der Waals surface area contributed by atoms with E-state index in [4.69, 9.17) is 5.26 Å². The highest BCUT2D eigenvalue weighted by atomic mass is 19.4. The first kappa shape index (κ1) is 22.1. The Morgan fingerprint density at radius 2 is 1.87 bits per heavy atom. The summed E-state index contributed by atoms with van der Waals surface area (Å²) in [6, 6.07) is 6.39. The van der Waals surface area contributed by atoms with Gasteiger partial charge in [0, 0.05) is 29.9 Å². The predicted molar refractivity (Wildman–Crippen MR) is 99.6 cm³/mol. The third kappa shape index (κ3) is 4.60. The van der Waals surface area contributed by atoms with Gasteiger partial charge in [-0.05, 0) is 42.8 Å². The zero-order valence-electron chi connectivity index (χ0n) is 15.8. The van der Waals surface area contributed by atoms with Crippen LogP contribution in [0.3, 0.4) is 0 Å². The van der Waals surface area contributed by atoms with E-state index in [1.807, 2.05) is 0 Å². The number of nitriles is 1. The van der Waals surface area contributed by atoms with Crippen molar-refractivity contribution in [2.24, 2.45) is 0 Å². The minimum atomic E-state index is -5.00. The number of alkyl halides is 6. The molecule has 0 fully saturated rings. The number of carbonyl (C=O) groups is 1. The van der Waals surface area contributed by atoms with Gasteiger partial charge in [0.1, 0.15) is 11.7 Å². The molecule has 2 aromatic heterocycles. The summed E-state index contributed by atoms with van der Waals surface area (Å²) in [6.45, 7) is 0.778. The van der Waals surface area contributed by atoms with Gasteiger partial charge in [-0.1, -0.05) is 6.07 Å². The Morgan fingerprint density at radius 1 is 1.16 bits per heavy atom. The number of fused-ring (bicyclic) bond motifs is 1. The Kier molecular flexibility index (Phi) is 5.63. The Morgan fingerprint density at radius 3 is 2.45 bits per heavy atom. The van der Waals surface area contributed by atoms with Gasteiger partial charge in [0.15, 0.2) is 5.78 Å². The lowest BCUT2D eigenvalue weighted by Gasteiger charge is -2.16. The van der Waals surface area contributed by atoms with Gasteiger partial charge in [-0.3, -0.25) is 4.79 Å². The fourth-order valence-corrected chi connectivity index (χ4v) is 3.09. The predicted octanol–water partition coefficient (Wildman–Crippen LogP) is 5.62.